The molecule has 0 heterocycles. The SMILES string of the molecule is O=[N+]([O-])c1ccc(/C(=C\C=Nc2ccccc2)Nc2ccccc2)cc1. The molecule has 26 heavy (non-hydrogen) atoms. The normalized spacial score (nSPS) is 11.5. The number of non-ortho nitro benzene ring substituents is 1. The van der Waals surface area contributed by atoms with Gasteiger partial charge in [0.1, 0.15) is 0 Å². The molecule has 0 bridgehead atoms. The number of allylic oxidation sites excluding steroid dienone is 1. The lowest BCUT2D eigenvalue weighted by Crippen LogP contribution is -1.99. The maximum absolute atomic E-state index is 10.9. The van der Waals surface area contributed by atoms with Crippen LogP contribution in [0.25, 0.3) is 5.70 Å². The number of para-hydroxylation sites is 2. The van der Waals surface area contributed by atoms with Crippen LogP contribution in [-0.2, 0) is 0 Å². The summed E-state index contributed by atoms with van der Waals surface area (Å²) in [4.78, 5) is 14.9. The molecule has 0 radical (unpaired) electrons. The summed E-state index contributed by atoms with van der Waals surface area (Å²) < 4.78 is 0. The number of nitro groups is 1. The lowest BCUT2D eigenvalue weighted by atomic mass is 10.1. The number of benzene rings is 3. The van der Waals surface area contributed by atoms with Gasteiger partial charge in [0, 0.05) is 29.7 Å². The van der Waals surface area contributed by atoms with Gasteiger partial charge >= 0.3 is 0 Å². The van der Waals surface area contributed by atoms with Gasteiger partial charge < -0.3 is 5.32 Å². The van der Waals surface area contributed by atoms with E-state index in [1.807, 2.05) is 66.7 Å². The van der Waals surface area contributed by atoms with Gasteiger partial charge in [-0.15, -0.1) is 0 Å². The summed E-state index contributed by atoms with van der Waals surface area (Å²) in [5, 5.41) is 14.2. The topological polar surface area (TPSA) is 67.5 Å². The second kappa shape index (κ2) is 8.39. The number of nitro benzene ring substituents is 1. The molecule has 0 saturated heterocycles. The Balaban J connectivity index is 1.89. The van der Waals surface area contributed by atoms with Gasteiger partial charge in [0.2, 0.25) is 0 Å². The minimum absolute atomic E-state index is 0.0609. The van der Waals surface area contributed by atoms with Crippen molar-refractivity contribution in [2.45, 2.75) is 0 Å². The first-order chi connectivity index (χ1) is 12.7. The number of nitrogens with zero attached hydrogens (tertiary/aromatic N) is 2. The van der Waals surface area contributed by atoms with Crippen LogP contribution >= 0.6 is 0 Å². The van der Waals surface area contributed by atoms with Crippen LogP contribution in [0.1, 0.15) is 5.56 Å². The van der Waals surface area contributed by atoms with Crippen LogP contribution in [0.4, 0.5) is 17.1 Å². The van der Waals surface area contributed by atoms with E-state index in [0.717, 1.165) is 22.6 Å². The predicted octanol–water partition coefficient (Wildman–Crippen LogP) is 5.45. The molecule has 0 aliphatic heterocycles. The van der Waals surface area contributed by atoms with E-state index in [-0.39, 0.29) is 5.69 Å². The fourth-order valence-corrected chi connectivity index (χ4v) is 2.36. The highest BCUT2D eigenvalue weighted by atomic mass is 16.6. The number of hydrogen-bond acceptors (Lipinski definition) is 4. The molecule has 0 aliphatic rings. The van der Waals surface area contributed by atoms with Crippen LogP contribution < -0.4 is 5.32 Å². The Morgan fingerprint density at radius 3 is 2.12 bits per heavy atom. The maximum atomic E-state index is 10.9. The Kier molecular flexibility index (Phi) is 5.52. The molecule has 3 aromatic carbocycles. The third kappa shape index (κ3) is 4.64. The summed E-state index contributed by atoms with van der Waals surface area (Å²) in [5.41, 5.74) is 3.47. The van der Waals surface area contributed by atoms with E-state index in [4.69, 9.17) is 0 Å². The lowest BCUT2D eigenvalue weighted by Gasteiger charge is -2.10. The van der Waals surface area contributed by atoms with E-state index < -0.39 is 4.92 Å². The van der Waals surface area contributed by atoms with E-state index in [0.29, 0.717) is 0 Å². The fraction of sp³-hybridized carbons (Fsp3) is 0. The van der Waals surface area contributed by atoms with E-state index in [1.165, 1.54) is 12.1 Å². The molecule has 0 aliphatic carbocycles. The first-order valence-corrected chi connectivity index (χ1v) is 8.09. The number of nitrogens with one attached hydrogen (secondary N) is 1. The largest absolute Gasteiger partial charge is 0.355 e. The first kappa shape index (κ1) is 17.1. The second-order valence-electron chi connectivity index (χ2n) is 5.49. The van der Waals surface area contributed by atoms with E-state index in [2.05, 4.69) is 10.3 Å². The van der Waals surface area contributed by atoms with Crippen molar-refractivity contribution in [3.63, 3.8) is 0 Å². The third-order valence-corrected chi connectivity index (χ3v) is 3.66. The van der Waals surface area contributed by atoms with Crippen molar-refractivity contribution in [2.75, 3.05) is 5.32 Å². The third-order valence-electron chi connectivity index (χ3n) is 3.66. The molecule has 0 fully saturated rings. The average molecular weight is 343 g/mol. The molecule has 0 spiro atoms. The van der Waals surface area contributed by atoms with Crippen LogP contribution in [-0.4, -0.2) is 11.1 Å². The Bertz CT molecular complexity index is 918. The van der Waals surface area contributed by atoms with Gasteiger partial charge in [0.05, 0.1) is 10.6 Å². The molecule has 5 heteroatoms. The molecule has 0 unspecified atom stereocenters. The van der Waals surface area contributed by atoms with Gasteiger partial charge in [0.25, 0.3) is 5.69 Å². The summed E-state index contributed by atoms with van der Waals surface area (Å²) in [6.07, 6.45) is 3.56. The summed E-state index contributed by atoms with van der Waals surface area (Å²) in [6.45, 7) is 0. The Morgan fingerprint density at radius 2 is 1.50 bits per heavy atom. The highest BCUT2D eigenvalue weighted by molar-refractivity contribution is 5.90. The molecular weight excluding hydrogens is 326 g/mol. The standard InChI is InChI=1S/C21H17N3O2/c25-24(26)20-13-11-17(12-14-20)21(23-19-9-5-2-6-10-19)15-16-22-18-7-3-1-4-8-18/h1-16,23H/b21-15+,22-16?. The van der Waals surface area contributed by atoms with Gasteiger partial charge in [-0.25, -0.2) is 0 Å². The van der Waals surface area contributed by atoms with Crippen molar-refractivity contribution in [3.05, 3.63) is 107 Å². The first-order valence-electron chi connectivity index (χ1n) is 8.09. The number of anilines is 1. The van der Waals surface area contributed by atoms with Crippen molar-refractivity contribution in [2.24, 2.45) is 4.99 Å². The van der Waals surface area contributed by atoms with Gasteiger partial charge in [-0.2, -0.15) is 0 Å². The van der Waals surface area contributed by atoms with Gasteiger partial charge in [-0.1, -0.05) is 36.4 Å². The van der Waals surface area contributed by atoms with Crippen LogP contribution in [0.15, 0.2) is 96.0 Å². The summed E-state index contributed by atoms with van der Waals surface area (Å²) in [7, 11) is 0. The molecule has 1 N–H and O–H groups in total. The molecular formula is C21H17N3O2. The number of rotatable bonds is 6. The zero-order chi connectivity index (χ0) is 18.2. The monoisotopic (exact) mass is 343 g/mol. The molecule has 0 atom stereocenters. The Morgan fingerprint density at radius 1 is 0.885 bits per heavy atom. The Labute approximate surface area is 151 Å². The molecule has 0 saturated carbocycles. The minimum Gasteiger partial charge on any atom is -0.355 e. The minimum atomic E-state index is -0.408. The molecule has 3 rings (SSSR count). The second-order valence-corrected chi connectivity index (χ2v) is 5.49. The van der Waals surface area contributed by atoms with Crippen LogP contribution in [0.5, 0.6) is 0 Å². The number of hydrogen-bond donors (Lipinski definition) is 1. The van der Waals surface area contributed by atoms with Crippen molar-refractivity contribution in [3.8, 4) is 0 Å². The van der Waals surface area contributed by atoms with Gasteiger partial charge in [-0.3, -0.25) is 15.1 Å². The fourth-order valence-electron chi connectivity index (χ4n) is 2.36. The Hall–Kier alpha value is -3.73. The summed E-state index contributed by atoms with van der Waals surface area (Å²) >= 11 is 0. The predicted molar refractivity (Wildman–Crippen MR) is 106 cm³/mol. The summed E-state index contributed by atoms with van der Waals surface area (Å²) in [5.74, 6) is 0. The van der Waals surface area contributed by atoms with Gasteiger partial charge in [-0.05, 0) is 48.0 Å². The molecule has 0 aromatic heterocycles. The highest BCUT2D eigenvalue weighted by Crippen LogP contribution is 2.21. The van der Waals surface area contributed by atoms with E-state index in [1.54, 1.807) is 18.3 Å². The average Bonchev–Trinajstić information content (AvgIpc) is 2.69. The number of aliphatic imine (C=N–C) groups is 1. The van der Waals surface area contributed by atoms with Crippen molar-refractivity contribution < 1.29 is 4.92 Å². The zero-order valence-electron chi connectivity index (χ0n) is 13.9. The summed E-state index contributed by atoms with van der Waals surface area (Å²) in [6, 6.07) is 25.8. The molecule has 128 valence electrons. The molecule has 5 nitrogen and oxygen atoms in total. The van der Waals surface area contributed by atoms with E-state index >= 15 is 0 Å². The smallest absolute Gasteiger partial charge is 0.269 e. The quantitative estimate of drug-likeness (QED) is 0.367. The highest BCUT2D eigenvalue weighted by Gasteiger charge is 2.07. The maximum Gasteiger partial charge on any atom is 0.269 e. The van der Waals surface area contributed by atoms with Crippen molar-refractivity contribution in [1.82, 2.24) is 0 Å². The van der Waals surface area contributed by atoms with Crippen LogP contribution in [0.3, 0.4) is 0 Å². The van der Waals surface area contributed by atoms with Crippen LogP contribution in [0.2, 0.25) is 0 Å². The lowest BCUT2D eigenvalue weighted by molar-refractivity contribution is -0.384. The van der Waals surface area contributed by atoms with Gasteiger partial charge in [0.15, 0.2) is 0 Å². The molecule has 0 amide bonds. The van der Waals surface area contributed by atoms with Crippen LogP contribution in [0, 0.1) is 10.1 Å². The van der Waals surface area contributed by atoms with Crippen molar-refractivity contribution in [1.29, 1.82) is 0 Å². The van der Waals surface area contributed by atoms with Crippen molar-refractivity contribution >= 4 is 29.0 Å². The zero-order valence-corrected chi connectivity index (χ0v) is 13.9. The van der Waals surface area contributed by atoms with E-state index in [9.17, 15) is 10.1 Å². The molecule has 3 aromatic rings.